The lowest BCUT2D eigenvalue weighted by molar-refractivity contribution is -0.145. The Morgan fingerprint density at radius 2 is 1.89 bits per heavy atom. The molecule has 1 rings (SSSR count). The van der Waals surface area contributed by atoms with Crippen LogP contribution in [0, 0.1) is 0 Å². The molecule has 2 N–H and O–H groups in total. The highest BCUT2D eigenvalue weighted by Crippen LogP contribution is 2.21. The van der Waals surface area contributed by atoms with Gasteiger partial charge in [0.25, 0.3) is 0 Å². The Hall–Kier alpha value is -1.30. The van der Waals surface area contributed by atoms with Crippen molar-refractivity contribution in [2.24, 2.45) is 0 Å². The second-order valence-electron chi connectivity index (χ2n) is 4.78. The third kappa shape index (κ3) is 5.86. The highest BCUT2D eigenvalue weighted by Gasteiger charge is 2.23. The van der Waals surface area contributed by atoms with E-state index in [1.807, 2.05) is 0 Å². The van der Waals surface area contributed by atoms with Gasteiger partial charge in [-0.25, -0.2) is 9.59 Å². The van der Waals surface area contributed by atoms with Crippen LogP contribution < -0.4 is 5.32 Å². The van der Waals surface area contributed by atoms with Gasteiger partial charge in [0.15, 0.2) is 0 Å². The summed E-state index contributed by atoms with van der Waals surface area (Å²) < 4.78 is 10.2. The summed E-state index contributed by atoms with van der Waals surface area (Å²) in [5, 5.41) is 11.3. The van der Waals surface area contributed by atoms with Crippen molar-refractivity contribution in [3.63, 3.8) is 0 Å². The van der Waals surface area contributed by atoms with Gasteiger partial charge in [-0.2, -0.15) is 0 Å². The van der Waals surface area contributed by atoms with Gasteiger partial charge in [0, 0.05) is 6.04 Å². The molecule has 0 aliphatic heterocycles. The number of aliphatic carboxylic acids is 1. The summed E-state index contributed by atoms with van der Waals surface area (Å²) in [6.07, 6.45) is 2.58. The smallest absolute Gasteiger partial charge is 0.407 e. The summed E-state index contributed by atoms with van der Waals surface area (Å²) in [4.78, 5) is 21.7. The van der Waals surface area contributed by atoms with Crippen LogP contribution in [-0.2, 0) is 14.3 Å². The average molecular weight is 259 g/mol. The van der Waals surface area contributed by atoms with Crippen molar-refractivity contribution in [3.05, 3.63) is 0 Å². The SMILES string of the molecule is CC(C)OC(=O)NC1CCC(OCC(=O)O)CC1. The van der Waals surface area contributed by atoms with E-state index in [2.05, 4.69) is 5.32 Å². The first-order chi connectivity index (χ1) is 8.47. The van der Waals surface area contributed by atoms with Crippen molar-refractivity contribution in [1.82, 2.24) is 5.32 Å². The summed E-state index contributed by atoms with van der Waals surface area (Å²) in [5.41, 5.74) is 0. The summed E-state index contributed by atoms with van der Waals surface area (Å²) in [6.45, 7) is 3.35. The highest BCUT2D eigenvalue weighted by molar-refractivity contribution is 5.68. The number of alkyl carbamates (subject to hydrolysis) is 1. The van der Waals surface area contributed by atoms with Crippen LogP contribution in [-0.4, -0.2) is 42.0 Å². The topological polar surface area (TPSA) is 84.9 Å². The standard InChI is InChI=1S/C12H21NO5/c1-8(2)18-12(16)13-9-3-5-10(6-4-9)17-7-11(14)15/h8-10H,3-7H2,1-2H3,(H,13,16)(H,14,15). The van der Waals surface area contributed by atoms with Crippen LogP contribution in [0.4, 0.5) is 4.79 Å². The van der Waals surface area contributed by atoms with Crippen molar-refractivity contribution in [1.29, 1.82) is 0 Å². The number of carboxylic acid groups (broad SMARTS) is 1. The third-order valence-electron chi connectivity index (χ3n) is 2.78. The van der Waals surface area contributed by atoms with E-state index in [1.165, 1.54) is 0 Å². The minimum atomic E-state index is -0.948. The Balaban J connectivity index is 2.19. The lowest BCUT2D eigenvalue weighted by Crippen LogP contribution is -2.40. The molecule has 0 aromatic heterocycles. The molecule has 1 saturated carbocycles. The molecule has 6 nitrogen and oxygen atoms in total. The summed E-state index contributed by atoms with van der Waals surface area (Å²) in [6, 6.07) is 0.0981. The van der Waals surface area contributed by atoms with E-state index in [1.54, 1.807) is 13.8 Å². The number of carbonyl (C=O) groups excluding carboxylic acids is 1. The Bertz CT molecular complexity index is 284. The monoisotopic (exact) mass is 259 g/mol. The Labute approximate surface area is 107 Å². The van der Waals surface area contributed by atoms with Crippen molar-refractivity contribution >= 4 is 12.1 Å². The molecule has 18 heavy (non-hydrogen) atoms. The van der Waals surface area contributed by atoms with Gasteiger partial charge in [-0.1, -0.05) is 0 Å². The molecule has 0 aromatic carbocycles. The van der Waals surface area contributed by atoms with E-state index in [9.17, 15) is 9.59 Å². The Kier molecular flexibility index (Phi) is 5.91. The first-order valence-corrected chi connectivity index (χ1v) is 6.28. The Morgan fingerprint density at radius 3 is 2.39 bits per heavy atom. The zero-order chi connectivity index (χ0) is 13.5. The predicted octanol–water partition coefficient (Wildman–Crippen LogP) is 1.53. The van der Waals surface area contributed by atoms with Gasteiger partial charge in [-0.3, -0.25) is 0 Å². The van der Waals surface area contributed by atoms with Crippen molar-refractivity contribution in [2.75, 3.05) is 6.61 Å². The van der Waals surface area contributed by atoms with Crippen molar-refractivity contribution in [2.45, 2.75) is 57.8 Å². The molecular weight excluding hydrogens is 238 g/mol. The summed E-state index contributed by atoms with van der Waals surface area (Å²) in [5.74, 6) is -0.948. The van der Waals surface area contributed by atoms with E-state index < -0.39 is 5.97 Å². The second-order valence-corrected chi connectivity index (χ2v) is 4.78. The zero-order valence-corrected chi connectivity index (χ0v) is 10.8. The molecule has 104 valence electrons. The molecule has 0 aromatic rings. The van der Waals surface area contributed by atoms with E-state index in [4.69, 9.17) is 14.6 Å². The first kappa shape index (κ1) is 14.8. The quantitative estimate of drug-likeness (QED) is 0.782. The van der Waals surface area contributed by atoms with Crippen molar-refractivity contribution < 1.29 is 24.2 Å². The molecule has 1 aliphatic rings. The van der Waals surface area contributed by atoms with Gasteiger partial charge >= 0.3 is 12.1 Å². The predicted molar refractivity (Wildman–Crippen MR) is 64.4 cm³/mol. The molecule has 1 aliphatic carbocycles. The van der Waals surface area contributed by atoms with E-state index in [0.717, 1.165) is 25.7 Å². The number of hydrogen-bond acceptors (Lipinski definition) is 4. The maximum absolute atomic E-state index is 11.4. The van der Waals surface area contributed by atoms with Crippen LogP contribution in [0.2, 0.25) is 0 Å². The molecule has 0 bridgehead atoms. The molecule has 0 saturated heterocycles. The highest BCUT2D eigenvalue weighted by atomic mass is 16.6. The lowest BCUT2D eigenvalue weighted by Gasteiger charge is -2.28. The average Bonchev–Trinajstić information content (AvgIpc) is 2.26. The maximum Gasteiger partial charge on any atom is 0.407 e. The fourth-order valence-corrected chi connectivity index (χ4v) is 1.98. The number of ether oxygens (including phenoxy) is 2. The maximum atomic E-state index is 11.4. The van der Waals surface area contributed by atoms with E-state index in [0.29, 0.717) is 0 Å². The normalized spacial score (nSPS) is 23.7. The molecule has 1 fully saturated rings. The summed E-state index contributed by atoms with van der Waals surface area (Å²) >= 11 is 0. The van der Waals surface area contributed by atoms with Crippen LogP contribution in [0.3, 0.4) is 0 Å². The molecule has 0 spiro atoms. The van der Waals surface area contributed by atoms with Gasteiger partial charge in [0.1, 0.15) is 6.61 Å². The van der Waals surface area contributed by atoms with Crippen LogP contribution >= 0.6 is 0 Å². The third-order valence-corrected chi connectivity index (χ3v) is 2.78. The van der Waals surface area contributed by atoms with Gasteiger partial charge in [0.2, 0.25) is 0 Å². The number of amides is 1. The fraction of sp³-hybridized carbons (Fsp3) is 0.833. The molecule has 0 radical (unpaired) electrons. The molecule has 0 heterocycles. The minimum absolute atomic E-state index is 0.0136. The summed E-state index contributed by atoms with van der Waals surface area (Å²) in [7, 11) is 0. The number of nitrogens with one attached hydrogen (secondary N) is 1. The molecular formula is C12H21NO5. The molecule has 1 amide bonds. The largest absolute Gasteiger partial charge is 0.480 e. The van der Waals surface area contributed by atoms with Gasteiger partial charge < -0.3 is 19.9 Å². The zero-order valence-electron chi connectivity index (χ0n) is 10.8. The minimum Gasteiger partial charge on any atom is -0.480 e. The van der Waals surface area contributed by atoms with Crippen LogP contribution in [0.5, 0.6) is 0 Å². The van der Waals surface area contributed by atoms with Gasteiger partial charge in [-0.15, -0.1) is 0 Å². The van der Waals surface area contributed by atoms with Gasteiger partial charge in [0.05, 0.1) is 12.2 Å². The second kappa shape index (κ2) is 7.20. The van der Waals surface area contributed by atoms with E-state index >= 15 is 0 Å². The van der Waals surface area contributed by atoms with Crippen LogP contribution in [0.1, 0.15) is 39.5 Å². The van der Waals surface area contributed by atoms with Crippen LogP contribution in [0.15, 0.2) is 0 Å². The fourth-order valence-electron chi connectivity index (χ4n) is 1.98. The van der Waals surface area contributed by atoms with Crippen LogP contribution in [0.25, 0.3) is 0 Å². The van der Waals surface area contributed by atoms with Gasteiger partial charge in [-0.05, 0) is 39.5 Å². The van der Waals surface area contributed by atoms with Crippen molar-refractivity contribution in [3.8, 4) is 0 Å². The number of rotatable bonds is 5. The molecule has 6 heteroatoms. The number of carbonyl (C=O) groups is 2. The van der Waals surface area contributed by atoms with E-state index in [-0.39, 0.29) is 30.9 Å². The number of carboxylic acids is 1. The number of hydrogen-bond donors (Lipinski definition) is 2. The Morgan fingerprint density at radius 1 is 1.28 bits per heavy atom. The molecule has 0 atom stereocenters. The molecule has 0 unspecified atom stereocenters. The first-order valence-electron chi connectivity index (χ1n) is 6.28. The lowest BCUT2D eigenvalue weighted by atomic mass is 9.93.